The zero-order chi connectivity index (χ0) is 11.1. The van der Waals surface area contributed by atoms with Gasteiger partial charge in [-0.2, -0.15) is 0 Å². The molecule has 0 unspecified atom stereocenters. The molecule has 0 heterocycles. The van der Waals surface area contributed by atoms with Gasteiger partial charge in [-0.05, 0) is 0 Å². The molecule has 0 atom stereocenters. The van der Waals surface area contributed by atoms with Crippen LogP contribution in [0.1, 0.15) is 0 Å². The number of hydrogen-bond acceptors (Lipinski definition) is 2. The lowest BCUT2D eigenvalue weighted by atomic mass is 10.2. The van der Waals surface area contributed by atoms with Crippen LogP contribution in [-0.4, -0.2) is 26.2 Å². The zero-order valence-corrected chi connectivity index (χ0v) is 9.60. The molecule has 0 radical (unpaired) electrons. The largest absolute Gasteiger partial charge is 0.315 e. The molecule has 2 aliphatic carbocycles. The zero-order valence-electron chi connectivity index (χ0n) is 9.60. The molecule has 2 N–H and O–H groups in total. The summed E-state index contributed by atoms with van der Waals surface area (Å²) in [5, 5.41) is 6.90. The fourth-order valence-electron chi connectivity index (χ4n) is 1.94. The molecule has 0 aromatic heterocycles. The van der Waals surface area contributed by atoms with Crippen molar-refractivity contribution in [1.29, 1.82) is 0 Å². The van der Waals surface area contributed by atoms with E-state index in [4.69, 9.17) is 0 Å². The Kier molecular flexibility index (Phi) is 4.59. The average Bonchev–Trinajstić information content (AvgIpc) is 2.96. The van der Waals surface area contributed by atoms with Crippen molar-refractivity contribution in [3.8, 4) is 0 Å². The molecule has 0 saturated carbocycles. The second kappa shape index (κ2) is 6.46. The van der Waals surface area contributed by atoms with Gasteiger partial charge in [-0.1, -0.05) is 48.6 Å². The normalized spacial score (nSPS) is 19.2. The molecule has 2 aliphatic rings. The highest BCUT2D eigenvalue weighted by molar-refractivity contribution is 5.18. The van der Waals surface area contributed by atoms with E-state index in [1.807, 2.05) is 0 Å². The van der Waals surface area contributed by atoms with E-state index < -0.39 is 0 Å². The van der Waals surface area contributed by atoms with Gasteiger partial charge in [0.15, 0.2) is 0 Å². The molecule has 2 heteroatoms. The Morgan fingerprint density at radius 3 is 1.38 bits per heavy atom. The fraction of sp³-hybridized carbons (Fsp3) is 0.429. The van der Waals surface area contributed by atoms with E-state index in [0.717, 1.165) is 26.2 Å². The molecule has 0 amide bonds. The molecule has 0 spiro atoms. The molecule has 0 aromatic carbocycles. The number of nitrogens with one attached hydrogen (secondary N) is 2. The Bertz CT molecular complexity index is 257. The molecule has 0 saturated heterocycles. The first-order valence-corrected chi connectivity index (χ1v) is 6.06. The predicted octanol–water partition coefficient (Wildman–Crippen LogP) is 1.65. The molecule has 0 fully saturated rings. The Labute approximate surface area is 97.8 Å². The van der Waals surface area contributed by atoms with Crippen LogP contribution in [0.15, 0.2) is 48.6 Å². The van der Waals surface area contributed by atoms with Gasteiger partial charge in [0.05, 0.1) is 0 Å². The van der Waals surface area contributed by atoms with Gasteiger partial charge in [0.1, 0.15) is 0 Å². The second-order valence-corrected chi connectivity index (χ2v) is 4.28. The molecule has 0 aliphatic heterocycles. The van der Waals surface area contributed by atoms with Crippen LogP contribution < -0.4 is 10.6 Å². The molecule has 86 valence electrons. The van der Waals surface area contributed by atoms with E-state index in [-0.39, 0.29) is 0 Å². The lowest BCUT2D eigenvalue weighted by Gasteiger charge is -2.10. The van der Waals surface area contributed by atoms with Crippen molar-refractivity contribution >= 4 is 0 Å². The highest BCUT2D eigenvalue weighted by Gasteiger charge is 2.03. The second-order valence-electron chi connectivity index (χ2n) is 4.28. The summed E-state index contributed by atoms with van der Waals surface area (Å²) in [6, 6.07) is 0. The van der Waals surface area contributed by atoms with E-state index in [9.17, 15) is 0 Å². The maximum atomic E-state index is 3.45. The highest BCUT2D eigenvalue weighted by Crippen LogP contribution is 2.07. The SMILES string of the molecule is C1=CC(CNCCNCC2C=CC=C2)C=C1. The molecular formula is C14H20N2. The minimum Gasteiger partial charge on any atom is -0.315 e. The van der Waals surface area contributed by atoms with E-state index in [0.29, 0.717) is 11.8 Å². The van der Waals surface area contributed by atoms with Gasteiger partial charge in [-0.25, -0.2) is 0 Å². The van der Waals surface area contributed by atoms with Crippen LogP contribution in [0.2, 0.25) is 0 Å². The summed E-state index contributed by atoms with van der Waals surface area (Å²) in [5.74, 6) is 1.20. The van der Waals surface area contributed by atoms with Gasteiger partial charge in [0, 0.05) is 38.0 Å². The van der Waals surface area contributed by atoms with E-state index in [1.54, 1.807) is 0 Å². The summed E-state index contributed by atoms with van der Waals surface area (Å²) < 4.78 is 0. The van der Waals surface area contributed by atoms with Gasteiger partial charge >= 0.3 is 0 Å². The van der Waals surface area contributed by atoms with Crippen LogP contribution in [0.4, 0.5) is 0 Å². The first-order chi connectivity index (χ1) is 7.95. The van der Waals surface area contributed by atoms with Crippen molar-refractivity contribution in [1.82, 2.24) is 10.6 Å². The Morgan fingerprint density at radius 1 is 0.625 bits per heavy atom. The van der Waals surface area contributed by atoms with Crippen LogP contribution in [0.5, 0.6) is 0 Å². The third-order valence-corrected chi connectivity index (χ3v) is 2.89. The summed E-state index contributed by atoms with van der Waals surface area (Å²) in [6.07, 6.45) is 17.4. The minimum absolute atomic E-state index is 0.598. The standard InChI is InChI=1S/C14H20N2/c1-2-6-13(5-1)11-15-9-10-16-12-14-7-3-4-8-14/h1-8,13-16H,9-12H2. The first kappa shape index (κ1) is 11.4. The lowest BCUT2D eigenvalue weighted by molar-refractivity contribution is 0.570. The summed E-state index contributed by atoms with van der Waals surface area (Å²) in [5.41, 5.74) is 0. The quantitative estimate of drug-likeness (QED) is 0.632. The van der Waals surface area contributed by atoms with Crippen molar-refractivity contribution in [2.45, 2.75) is 0 Å². The van der Waals surface area contributed by atoms with E-state index >= 15 is 0 Å². The van der Waals surface area contributed by atoms with Crippen LogP contribution in [0.3, 0.4) is 0 Å². The van der Waals surface area contributed by atoms with Gasteiger partial charge < -0.3 is 10.6 Å². The van der Waals surface area contributed by atoms with Crippen molar-refractivity contribution in [3.05, 3.63) is 48.6 Å². The van der Waals surface area contributed by atoms with Gasteiger partial charge in [-0.3, -0.25) is 0 Å². The average molecular weight is 216 g/mol. The molecule has 0 aromatic rings. The highest BCUT2D eigenvalue weighted by atomic mass is 14.9. The van der Waals surface area contributed by atoms with Gasteiger partial charge in [-0.15, -0.1) is 0 Å². The maximum absolute atomic E-state index is 3.45. The molecule has 2 rings (SSSR count). The van der Waals surface area contributed by atoms with E-state index in [2.05, 4.69) is 59.2 Å². The number of allylic oxidation sites excluding steroid dienone is 4. The molecule has 16 heavy (non-hydrogen) atoms. The Morgan fingerprint density at radius 2 is 1.00 bits per heavy atom. The van der Waals surface area contributed by atoms with Gasteiger partial charge in [0.25, 0.3) is 0 Å². The van der Waals surface area contributed by atoms with Crippen LogP contribution >= 0.6 is 0 Å². The van der Waals surface area contributed by atoms with Crippen molar-refractivity contribution in [2.24, 2.45) is 11.8 Å². The number of rotatable bonds is 7. The summed E-state index contributed by atoms with van der Waals surface area (Å²) in [6.45, 7) is 4.19. The first-order valence-electron chi connectivity index (χ1n) is 6.06. The molecule has 2 nitrogen and oxygen atoms in total. The smallest absolute Gasteiger partial charge is 0.00779 e. The maximum Gasteiger partial charge on any atom is 0.00779 e. The molecular weight excluding hydrogens is 196 g/mol. The minimum atomic E-state index is 0.598. The fourth-order valence-corrected chi connectivity index (χ4v) is 1.94. The monoisotopic (exact) mass is 216 g/mol. The topological polar surface area (TPSA) is 24.1 Å². The van der Waals surface area contributed by atoms with Crippen LogP contribution in [-0.2, 0) is 0 Å². The third kappa shape index (κ3) is 3.80. The third-order valence-electron chi connectivity index (χ3n) is 2.89. The van der Waals surface area contributed by atoms with E-state index in [1.165, 1.54) is 0 Å². The lowest BCUT2D eigenvalue weighted by Crippen LogP contribution is -2.31. The summed E-state index contributed by atoms with van der Waals surface area (Å²) >= 11 is 0. The summed E-state index contributed by atoms with van der Waals surface area (Å²) in [7, 11) is 0. The Hall–Kier alpha value is -1.12. The summed E-state index contributed by atoms with van der Waals surface area (Å²) in [4.78, 5) is 0. The predicted molar refractivity (Wildman–Crippen MR) is 69.3 cm³/mol. The van der Waals surface area contributed by atoms with Gasteiger partial charge in [0.2, 0.25) is 0 Å². The van der Waals surface area contributed by atoms with Crippen molar-refractivity contribution < 1.29 is 0 Å². The number of hydrogen-bond donors (Lipinski definition) is 2. The van der Waals surface area contributed by atoms with Crippen molar-refractivity contribution in [2.75, 3.05) is 26.2 Å². The van der Waals surface area contributed by atoms with Crippen LogP contribution in [0, 0.1) is 11.8 Å². The Balaban J connectivity index is 1.43. The van der Waals surface area contributed by atoms with Crippen LogP contribution in [0.25, 0.3) is 0 Å². The molecule has 0 bridgehead atoms. The van der Waals surface area contributed by atoms with Crippen molar-refractivity contribution in [3.63, 3.8) is 0 Å².